The molecule has 6 rings (SSSR count). The Morgan fingerprint density at radius 2 is 1.95 bits per heavy atom. The highest BCUT2D eigenvalue weighted by atomic mass is 19.3. The van der Waals surface area contributed by atoms with Crippen molar-refractivity contribution in [3.63, 3.8) is 0 Å². The number of anilines is 1. The van der Waals surface area contributed by atoms with Crippen molar-refractivity contribution in [3.05, 3.63) is 71.1 Å². The molecule has 38 heavy (non-hydrogen) atoms. The fourth-order valence-corrected chi connectivity index (χ4v) is 5.96. The lowest BCUT2D eigenvalue weighted by atomic mass is 9.60. The van der Waals surface area contributed by atoms with Gasteiger partial charge in [0.05, 0.1) is 5.60 Å². The number of likely N-dealkylation sites (tertiary alicyclic amines) is 1. The number of nitrogens with zero attached hydrogens (tertiary/aromatic N) is 5. The minimum absolute atomic E-state index is 0.276. The molecule has 0 unspecified atom stereocenters. The van der Waals surface area contributed by atoms with Crippen LogP contribution in [0.2, 0.25) is 0 Å². The number of hydrogen-bond donors (Lipinski definition) is 2. The average Bonchev–Trinajstić information content (AvgIpc) is 3.59. The number of alkyl halides is 2. The summed E-state index contributed by atoms with van der Waals surface area (Å²) in [6.07, 6.45) is 3.49. The molecule has 1 aromatic carbocycles. The summed E-state index contributed by atoms with van der Waals surface area (Å²) in [4.78, 5) is 20.1. The van der Waals surface area contributed by atoms with E-state index in [1.165, 1.54) is 0 Å². The van der Waals surface area contributed by atoms with Crippen LogP contribution >= 0.6 is 0 Å². The second-order valence-corrected chi connectivity index (χ2v) is 11.8. The maximum absolute atomic E-state index is 14.2. The van der Waals surface area contributed by atoms with E-state index in [4.69, 9.17) is 0 Å². The smallest absolute Gasteiger partial charge is 0.274 e. The Hall–Kier alpha value is -3.24. The van der Waals surface area contributed by atoms with E-state index in [-0.39, 0.29) is 18.7 Å². The zero-order valence-corrected chi connectivity index (χ0v) is 21.6. The van der Waals surface area contributed by atoms with Gasteiger partial charge in [0, 0.05) is 68.7 Å². The molecule has 3 aliphatic rings. The lowest BCUT2D eigenvalue weighted by Crippen LogP contribution is -2.59. The predicted molar refractivity (Wildman–Crippen MR) is 137 cm³/mol. The standard InChI is InChI=1S/C28H32F2N6O2/c1-26(38)15-36(16-26)12-18-8-22(19-6-7-19)33-23(9-18)25(37)32-21-5-3-4-20(10-21)27(13-28(29,30)14-27)11-24-34-31-17-35(24)2/h3-5,8-10,17,19,38H,6-7,11-16H2,1-2H3,(H,32,37). The van der Waals surface area contributed by atoms with Crippen LogP contribution in [0.25, 0.3) is 0 Å². The fraction of sp³-hybridized carbons (Fsp3) is 0.500. The Kier molecular flexibility index (Phi) is 5.88. The molecule has 0 bridgehead atoms. The van der Waals surface area contributed by atoms with Crippen LogP contribution in [-0.4, -0.2) is 60.3 Å². The molecule has 0 radical (unpaired) electrons. The predicted octanol–water partition coefficient (Wildman–Crippen LogP) is 3.82. The molecule has 3 heterocycles. The number of carbonyl (C=O) groups is 1. The number of carbonyl (C=O) groups excluding carboxylic acids is 1. The highest BCUT2D eigenvalue weighted by molar-refractivity contribution is 6.03. The van der Waals surface area contributed by atoms with Crippen molar-refractivity contribution in [3.8, 4) is 0 Å². The molecule has 0 atom stereocenters. The molecular formula is C28H32F2N6O2. The Bertz CT molecular complexity index is 1370. The van der Waals surface area contributed by atoms with Crippen LogP contribution in [0.4, 0.5) is 14.5 Å². The Morgan fingerprint density at radius 1 is 1.18 bits per heavy atom. The van der Waals surface area contributed by atoms with E-state index in [2.05, 4.69) is 31.5 Å². The Balaban J connectivity index is 1.22. The quantitative estimate of drug-likeness (QED) is 0.467. The summed E-state index contributed by atoms with van der Waals surface area (Å²) in [6.45, 7) is 3.66. The van der Waals surface area contributed by atoms with Crippen LogP contribution in [-0.2, 0) is 25.4 Å². The van der Waals surface area contributed by atoms with E-state index in [1.807, 2.05) is 13.0 Å². The number of pyridine rings is 1. The average molecular weight is 523 g/mol. The number of aryl methyl sites for hydroxylation is 1. The van der Waals surface area contributed by atoms with Crippen LogP contribution in [0.1, 0.15) is 71.7 Å². The summed E-state index contributed by atoms with van der Waals surface area (Å²) < 4.78 is 30.1. The summed E-state index contributed by atoms with van der Waals surface area (Å²) in [5, 5.41) is 21.0. The van der Waals surface area contributed by atoms with E-state index >= 15 is 0 Å². The first kappa shape index (κ1) is 25.1. The molecule has 2 N–H and O–H groups in total. The van der Waals surface area contributed by atoms with Crippen molar-refractivity contribution >= 4 is 11.6 Å². The fourth-order valence-electron chi connectivity index (χ4n) is 5.96. The van der Waals surface area contributed by atoms with Gasteiger partial charge in [-0.25, -0.2) is 13.8 Å². The summed E-state index contributed by atoms with van der Waals surface area (Å²) in [5.74, 6) is -2.04. The number of aliphatic hydroxyl groups is 1. The summed E-state index contributed by atoms with van der Waals surface area (Å²) in [5.41, 5.74) is 2.11. The third-order valence-electron chi connectivity index (χ3n) is 7.90. The maximum atomic E-state index is 14.2. The monoisotopic (exact) mass is 522 g/mol. The molecule has 2 aliphatic carbocycles. The van der Waals surface area contributed by atoms with Crippen LogP contribution in [0, 0.1) is 0 Å². The largest absolute Gasteiger partial charge is 0.388 e. The number of nitrogens with one attached hydrogen (secondary N) is 1. The lowest BCUT2D eigenvalue weighted by molar-refractivity contribution is -0.127. The van der Waals surface area contributed by atoms with Crippen LogP contribution in [0.5, 0.6) is 0 Å². The molecule has 10 heteroatoms. The number of benzene rings is 1. The molecule has 1 aliphatic heterocycles. The third-order valence-corrected chi connectivity index (χ3v) is 7.90. The van der Waals surface area contributed by atoms with Gasteiger partial charge in [0.15, 0.2) is 0 Å². The van der Waals surface area contributed by atoms with Gasteiger partial charge in [-0.2, -0.15) is 0 Å². The highest BCUT2D eigenvalue weighted by Crippen LogP contribution is 2.55. The van der Waals surface area contributed by atoms with Crippen molar-refractivity contribution in [1.82, 2.24) is 24.6 Å². The van der Waals surface area contributed by atoms with Gasteiger partial charge in [0.1, 0.15) is 17.8 Å². The van der Waals surface area contributed by atoms with Gasteiger partial charge >= 0.3 is 0 Å². The van der Waals surface area contributed by atoms with Crippen LogP contribution in [0.15, 0.2) is 42.7 Å². The number of β-amino-alcohol motifs (C(OH)–C–C–N with tert-alkyl or cyclic N) is 1. The second kappa shape index (κ2) is 8.91. The van der Waals surface area contributed by atoms with Gasteiger partial charge in [0.25, 0.3) is 5.91 Å². The summed E-state index contributed by atoms with van der Waals surface area (Å²) in [7, 11) is 1.80. The molecule has 200 valence electrons. The number of halogens is 2. The second-order valence-electron chi connectivity index (χ2n) is 11.8. The van der Waals surface area contributed by atoms with E-state index in [1.54, 1.807) is 42.2 Å². The van der Waals surface area contributed by atoms with Gasteiger partial charge < -0.3 is 15.0 Å². The first-order chi connectivity index (χ1) is 18.0. The van der Waals surface area contributed by atoms with Crippen LogP contribution < -0.4 is 5.32 Å². The van der Waals surface area contributed by atoms with Crippen molar-refractivity contribution in [1.29, 1.82) is 0 Å². The van der Waals surface area contributed by atoms with Gasteiger partial charge in [-0.05, 0) is 55.2 Å². The zero-order chi connectivity index (χ0) is 26.7. The third kappa shape index (κ3) is 5.07. The van der Waals surface area contributed by atoms with Crippen LogP contribution in [0.3, 0.4) is 0 Å². The molecule has 3 aromatic rings. The van der Waals surface area contributed by atoms with E-state index in [0.717, 1.165) is 29.7 Å². The van der Waals surface area contributed by atoms with Crippen molar-refractivity contribution < 1.29 is 18.7 Å². The topological polar surface area (TPSA) is 96.2 Å². The maximum Gasteiger partial charge on any atom is 0.274 e. The molecule has 1 saturated heterocycles. The number of rotatable bonds is 8. The molecule has 3 fully saturated rings. The van der Waals surface area contributed by atoms with Crippen molar-refractivity contribution in [2.24, 2.45) is 7.05 Å². The van der Waals surface area contributed by atoms with Crippen molar-refractivity contribution in [2.75, 3.05) is 18.4 Å². The zero-order valence-electron chi connectivity index (χ0n) is 21.6. The number of amides is 1. The van der Waals surface area contributed by atoms with Crippen molar-refractivity contribution in [2.45, 2.75) is 68.4 Å². The molecule has 0 spiro atoms. The minimum Gasteiger partial charge on any atom is -0.388 e. The Morgan fingerprint density at radius 3 is 2.58 bits per heavy atom. The lowest BCUT2D eigenvalue weighted by Gasteiger charge is -2.47. The van der Waals surface area contributed by atoms with Gasteiger partial charge in [-0.3, -0.25) is 9.69 Å². The summed E-state index contributed by atoms with van der Waals surface area (Å²) >= 11 is 0. The SMILES string of the molecule is Cn1cnnc1CC1(c2cccc(NC(=O)c3cc(CN4CC(C)(O)C4)cc(C4CC4)n3)c2)CC(F)(F)C1. The highest BCUT2D eigenvalue weighted by Gasteiger charge is 2.57. The van der Waals surface area contributed by atoms with Gasteiger partial charge in [0.2, 0.25) is 5.92 Å². The van der Waals surface area contributed by atoms with E-state index in [9.17, 15) is 18.7 Å². The molecule has 1 amide bonds. The van der Waals surface area contributed by atoms with Gasteiger partial charge in [-0.15, -0.1) is 10.2 Å². The first-order valence-corrected chi connectivity index (χ1v) is 13.1. The molecule has 2 aromatic heterocycles. The Labute approximate surface area is 220 Å². The molecule has 2 saturated carbocycles. The molecule has 8 nitrogen and oxygen atoms in total. The van der Waals surface area contributed by atoms with Gasteiger partial charge in [-0.1, -0.05) is 12.1 Å². The number of hydrogen-bond acceptors (Lipinski definition) is 6. The number of aromatic nitrogens is 4. The molecular weight excluding hydrogens is 490 g/mol. The minimum atomic E-state index is -2.73. The van der Waals surface area contributed by atoms with E-state index < -0.39 is 16.9 Å². The summed E-state index contributed by atoms with van der Waals surface area (Å²) in [6, 6.07) is 11.1. The van der Waals surface area contributed by atoms with E-state index in [0.29, 0.717) is 49.2 Å². The first-order valence-electron chi connectivity index (χ1n) is 13.1. The normalized spacial score (nSPS) is 21.4.